The molecule has 0 spiro atoms. The van der Waals surface area contributed by atoms with Crippen LogP contribution in [0.15, 0.2) is 85.1 Å². The molecule has 516 valence electrons. The molecule has 1 rings (SSSR count). The summed E-state index contributed by atoms with van der Waals surface area (Å²) in [7, 11) is 0. The smallest absolute Gasteiger partial charge is 0.305 e. The van der Waals surface area contributed by atoms with Gasteiger partial charge in [-0.3, -0.25) is 9.59 Å². The molecule has 7 unspecified atom stereocenters. The van der Waals surface area contributed by atoms with Crippen molar-refractivity contribution in [3.05, 3.63) is 85.1 Å². The molecule has 0 aromatic rings. The minimum Gasteiger partial charge on any atom is -0.466 e. The summed E-state index contributed by atoms with van der Waals surface area (Å²) in [6.07, 6.45) is 81.8. The van der Waals surface area contributed by atoms with E-state index in [9.17, 15) is 35.1 Å². The van der Waals surface area contributed by atoms with Crippen LogP contribution < -0.4 is 5.32 Å². The zero-order valence-electron chi connectivity index (χ0n) is 57.4. The fraction of sp³-hybridized carbons (Fsp3) is 0.795. The number of ether oxygens (including phenoxy) is 3. The van der Waals surface area contributed by atoms with Crippen LogP contribution in [0.25, 0.3) is 0 Å². The normalized spacial score (nSPS) is 18.2. The van der Waals surface area contributed by atoms with Crippen molar-refractivity contribution in [1.29, 1.82) is 0 Å². The number of esters is 1. The van der Waals surface area contributed by atoms with E-state index in [0.29, 0.717) is 19.4 Å². The summed E-state index contributed by atoms with van der Waals surface area (Å²) in [6, 6.07) is -0.833. The Morgan fingerprint density at radius 2 is 0.764 bits per heavy atom. The number of rotatable bonds is 65. The van der Waals surface area contributed by atoms with E-state index >= 15 is 0 Å². The van der Waals surface area contributed by atoms with Crippen molar-refractivity contribution in [1.82, 2.24) is 5.32 Å². The predicted molar refractivity (Wildman–Crippen MR) is 375 cm³/mol. The lowest BCUT2D eigenvalue weighted by atomic mass is 9.99. The van der Waals surface area contributed by atoms with E-state index in [1.807, 2.05) is 6.08 Å². The average Bonchev–Trinajstić information content (AvgIpc) is 1.91. The molecule has 11 heteroatoms. The highest BCUT2D eigenvalue weighted by Crippen LogP contribution is 2.23. The van der Waals surface area contributed by atoms with Gasteiger partial charge in [0.05, 0.1) is 32.0 Å². The lowest BCUT2D eigenvalue weighted by molar-refractivity contribution is -0.302. The Morgan fingerprint density at radius 3 is 1.18 bits per heavy atom. The first-order chi connectivity index (χ1) is 43.7. The Hall–Kier alpha value is -3.16. The van der Waals surface area contributed by atoms with Crippen LogP contribution in [0.4, 0.5) is 0 Å². The number of aliphatic hydroxyl groups is 5. The minimum atomic E-state index is -1.58. The van der Waals surface area contributed by atoms with Gasteiger partial charge in [0.2, 0.25) is 5.91 Å². The van der Waals surface area contributed by atoms with Gasteiger partial charge in [-0.05, 0) is 109 Å². The highest BCUT2D eigenvalue weighted by molar-refractivity contribution is 5.76. The molecule has 0 aliphatic carbocycles. The summed E-state index contributed by atoms with van der Waals surface area (Å²) in [5.41, 5.74) is 0. The van der Waals surface area contributed by atoms with Crippen molar-refractivity contribution in [2.24, 2.45) is 0 Å². The first-order valence-corrected chi connectivity index (χ1v) is 37.4. The van der Waals surface area contributed by atoms with Gasteiger partial charge in [0.1, 0.15) is 24.4 Å². The third kappa shape index (κ3) is 55.0. The molecule has 1 fully saturated rings. The van der Waals surface area contributed by atoms with Gasteiger partial charge >= 0.3 is 5.97 Å². The van der Waals surface area contributed by atoms with E-state index in [4.69, 9.17) is 14.2 Å². The van der Waals surface area contributed by atoms with Crippen LogP contribution in [0.3, 0.4) is 0 Å². The minimum absolute atomic E-state index is 0.00370. The predicted octanol–water partition coefficient (Wildman–Crippen LogP) is 19.6. The van der Waals surface area contributed by atoms with Gasteiger partial charge in [-0.15, -0.1) is 0 Å². The molecule has 0 saturated carbocycles. The second kappa shape index (κ2) is 66.3. The standard InChI is InChI=1S/C78H139NO10/c1-3-5-7-9-11-13-15-41-46-50-54-58-62-66-74(83)87-67-63-59-55-51-47-43-40-38-36-34-32-30-28-26-24-22-20-18-16-17-19-21-23-25-27-29-31-33-35-37-39-42-45-49-53-57-61-65-73(82)79-70(69-88-78-77(86)76(85)75(84)72(68-80)89-78)71(81)64-60-56-52-48-44-14-12-10-8-6-4-2/h7-10,13,15-16,18,22,24,44,48,60,64,70-72,75-78,80-81,84-86H,3-6,11-12,14,17,19-21,23,25-43,45-47,49-59,61-63,65-69H2,1-2H3,(H,79,82)/b9-7-,10-8+,15-13-,18-16-,24-22-,48-44+,64-60+. The summed E-state index contributed by atoms with van der Waals surface area (Å²) in [6.45, 7) is 4.20. The molecule has 0 bridgehead atoms. The highest BCUT2D eigenvalue weighted by atomic mass is 16.7. The molecule has 1 saturated heterocycles. The Morgan fingerprint density at radius 1 is 0.416 bits per heavy atom. The molecule has 89 heavy (non-hydrogen) atoms. The lowest BCUT2D eigenvalue weighted by Crippen LogP contribution is -2.60. The average molecular weight is 1250 g/mol. The molecular weight excluding hydrogens is 1110 g/mol. The van der Waals surface area contributed by atoms with Crippen molar-refractivity contribution >= 4 is 11.9 Å². The zero-order chi connectivity index (χ0) is 64.4. The molecule has 1 heterocycles. The molecule has 11 nitrogen and oxygen atoms in total. The van der Waals surface area contributed by atoms with Crippen LogP contribution in [0.2, 0.25) is 0 Å². The van der Waals surface area contributed by atoms with Crippen molar-refractivity contribution in [3.63, 3.8) is 0 Å². The number of carbonyl (C=O) groups excluding carboxylic acids is 2. The van der Waals surface area contributed by atoms with Crippen LogP contribution in [0.5, 0.6) is 0 Å². The summed E-state index contributed by atoms with van der Waals surface area (Å²) in [5.74, 6) is -0.199. The number of unbranched alkanes of at least 4 members (excludes halogenated alkanes) is 39. The van der Waals surface area contributed by atoms with Crippen LogP contribution in [0.1, 0.15) is 335 Å². The van der Waals surface area contributed by atoms with Crippen molar-refractivity contribution in [2.45, 2.75) is 378 Å². The first-order valence-electron chi connectivity index (χ1n) is 37.4. The van der Waals surface area contributed by atoms with Gasteiger partial charge in [0.25, 0.3) is 0 Å². The second-order valence-electron chi connectivity index (χ2n) is 25.6. The van der Waals surface area contributed by atoms with Gasteiger partial charge in [-0.2, -0.15) is 0 Å². The van der Waals surface area contributed by atoms with E-state index in [-0.39, 0.29) is 18.5 Å². The number of aliphatic hydroxyl groups excluding tert-OH is 5. The van der Waals surface area contributed by atoms with E-state index in [1.165, 1.54) is 218 Å². The molecule has 6 N–H and O–H groups in total. The van der Waals surface area contributed by atoms with Gasteiger partial charge in [0.15, 0.2) is 6.29 Å². The lowest BCUT2D eigenvalue weighted by Gasteiger charge is -2.40. The second-order valence-corrected chi connectivity index (χ2v) is 25.6. The fourth-order valence-corrected chi connectivity index (χ4v) is 11.3. The summed E-state index contributed by atoms with van der Waals surface area (Å²) < 4.78 is 16.7. The van der Waals surface area contributed by atoms with Crippen LogP contribution >= 0.6 is 0 Å². The van der Waals surface area contributed by atoms with E-state index in [1.54, 1.807) is 6.08 Å². The number of hydrogen-bond acceptors (Lipinski definition) is 10. The third-order valence-corrected chi connectivity index (χ3v) is 17.1. The maximum Gasteiger partial charge on any atom is 0.305 e. The fourth-order valence-electron chi connectivity index (χ4n) is 11.3. The molecular formula is C78H139NO10. The molecule has 1 aliphatic heterocycles. The van der Waals surface area contributed by atoms with Gasteiger partial charge in [0, 0.05) is 12.8 Å². The number of amides is 1. The van der Waals surface area contributed by atoms with Crippen molar-refractivity contribution in [2.75, 3.05) is 19.8 Å². The maximum absolute atomic E-state index is 13.0. The van der Waals surface area contributed by atoms with E-state index < -0.39 is 49.5 Å². The summed E-state index contributed by atoms with van der Waals surface area (Å²) in [5, 5.41) is 54.4. The van der Waals surface area contributed by atoms with Crippen molar-refractivity contribution < 1.29 is 49.3 Å². The van der Waals surface area contributed by atoms with E-state index in [2.05, 4.69) is 92.1 Å². The SMILES string of the molecule is CCC/C=C\C/C=C\CCCCCCCC(=O)OCCCCCCCCCCCCCCC/C=C\C/C=C\CCCCCCCCCCCCCCCCCCCC(=O)NC(COC1OC(CO)C(O)C(O)C1O)C(O)/C=C/CC/C=C/CC/C=C/CCC. The Kier molecular flexibility index (Phi) is 62.5. The third-order valence-electron chi connectivity index (χ3n) is 17.1. The zero-order valence-corrected chi connectivity index (χ0v) is 57.4. The Bertz CT molecular complexity index is 1760. The Balaban J connectivity index is 1.92. The quantitative estimate of drug-likeness (QED) is 0.0195. The number of carbonyl (C=O) groups is 2. The monoisotopic (exact) mass is 1250 g/mol. The van der Waals surface area contributed by atoms with Gasteiger partial charge < -0.3 is 45.1 Å². The topological polar surface area (TPSA) is 175 Å². The van der Waals surface area contributed by atoms with Crippen LogP contribution in [-0.2, 0) is 23.8 Å². The molecule has 1 aliphatic rings. The molecule has 7 atom stereocenters. The number of hydrogen-bond donors (Lipinski definition) is 6. The molecule has 1 amide bonds. The molecule has 0 aromatic heterocycles. The van der Waals surface area contributed by atoms with Gasteiger partial charge in [-0.25, -0.2) is 0 Å². The van der Waals surface area contributed by atoms with Gasteiger partial charge in [-0.1, -0.05) is 298 Å². The number of nitrogens with one attached hydrogen (secondary N) is 1. The van der Waals surface area contributed by atoms with Crippen molar-refractivity contribution in [3.8, 4) is 0 Å². The van der Waals surface area contributed by atoms with Crippen LogP contribution in [-0.4, -0.2) is 100 Å². The molecule has 0 aromatic carbocycles. The van der Waals surface area contributed by atoms with E-state index in [0.717, 1.165) is 89.9 Å². The summed E-state index contributed by atoms with van der Waals surface area (Å²) in [4.78, 5) is 25.1. The highest BCUT2D eigenvalue weighted by Gasteiger charge is 2.44. The largest absolute Gasteiger partial charge is 0.466 e. The maximum atomic E-state index is 13.0. The summed E-state index contributed by atoms with van der Waals surface area (Å²) >= 11 is 0. The molecule has 0 radical (unpaired) electrons. The Labute approximate surface area is 546 Å². The van der Waals surface area contributed by atoms with Crippen LogP contribution in [0, 0.1) is 0 Å². The number of allylic oxidation sites excluding steroid dienone is 13. The first kappa shape index (κ1) is 83.9.